The molecule has 98 valence electrons. The topological polar surface area (TPSA) is 115 Å². The number of nitrogens with zero attached hydrogens (tertiary/aromatic N) is 1. The molecule has 0 spiro atoms. The van der Waals surface area contributed by atoms with E-state index in [1.807, 2.05) is 0 Å². The van der Waals surface area contributed by atoms with Crippen LogP contribution in [0, 0.1) is 0 Å². The largest absolute Gasteiger partial charge is 0.481 e. The molecule has 0 radical (unpaired) electrons. The van der Waals surface area contributed by atoms with Gasteiger partial charge in [0.25, 0.3) is 0 Å². The Morgan fingerprint density at radius 1 is 1.61 bits per heavy atom. The normalized spacial score (nSPS) is 11.8. The lowest BCUT2D eigenvalue weighted by Crippen LogP contribution is -2.25. The van der Waals surface area contributed by atoms with Gasteiger partial charge in [-0.15, -0.1) is 0 Å². The summed E-state index contributed by atoms with van der Waals surface area (Å²) < 4.78 is 5.00. The van der Waals surface area contributed by atoms with Crippen molar-refractivity contribution >= 4 is 17.7 Å². The number of amides is 1. The summed E-state index contributed by atoms with van der Waals surface area (Å²) in [6.07, 6.45) is 0.863. The van der Waals surface area contributed by atoms with E-state index in [2.05, 4.69) is 10.3 Å². The number of rotatable bonds is 7. The molecule has 1 atom stereocenters. The minimum Gasteiger partial charge on any atom is -0.481 e. The van der Waals surface area contributed by atoms with Crippen LogP contribution in [0.3, 0.4) is 0 Å². The van der Waals surface area contributed by atoms with Gasteiger partial charge in [0.1, 0.15) is 5.82 Å². The number of nitrogens with one attached hydrogen (secondary N) is 1. The lowest BCUT2D eigenvalue weighted by atomic mass is 10.2. The second-order valence-electron chi connectivity index (χ2n) is 3.63. The van der Waals surface area contributed by atoms with Gasteiger partial charge in [0, 0.05) is 25.4 Å². The first-order valence-corrected chi connectivity index (χ1v) is 5.27. The summed E-state index contributed by atoms with van der Waals surface area (Å²) in [6.45, 7) is 0.276. The molecular weight excluding hydrogens is 238 g/mol. The molecule has 0 aliphatic carbocycles. The minimum absolute atomic E-state index is 0.112. The Labute approximate surface area is 104 Å². The molecule has 0 aromatic carbocycles. The number of carboxylic acid groups (broad SMARTS) is 1. The number of hydrogen-bond donors (Lipinski definition) is 3. The number of ether oxygens (including phenoxy) is 1. The third kappa shape index (κ3) is 4.38. The summed E-state index contributed by atoms with van der Waals surface area (Å²) in [5, 5.41) is 11.5. The van der Waals surface area contributed by atoms with E-state index in [1.54, 1.807) is 0 Å². The maximum absolute atomic E-state index is 11.0. The Morgan fingerprint density at radius 2 is 2.33 bits per heavy atom. The fourth-order valence-electron chi connectivity index (χ4n) is 1.33. The molecule has 1 aromatic rings. The molecule has 1 unspecified atom stereocenters. The third-order valence-electron chi connectivity index (χ3n) is 2.29. The molecule has 1 rings (SSSR count). The molecule has 0 fully saturated rings. The average molecular weight is 253 g/mol. The highest BCUT2D eigenvalue weighted by Gasteiger charge is 2.12. The summed E-state index contributed by atoms with van der Waals surface area (Å²) in [6, 6.07) is 2.99. The molecule has 1 heterocycles. The third-order valence-corrected chi connectivity index (χ3v) is 2.29. The highest BCUT2D eigenvalue weighted by molar-refractivity contribution is 5.93. The minimum atomic E-state index is -0.942. The number of carboxylic acids is 1. The van der Waals surface area contributed by atoms with Crippen LogP contribution in [0.15, 0.2) is 18.3 Å². The van der Waals surface area contributed by atoms with Gasteiger partial charge in [-0.2, -0.15) is 0 Å². The van der Waals surface area contributed by atoms with Crippen LogP contribution in [0.4, 0.5) is 5.82 Å². The van der Waals surface area contributed by atoms with Gasteiger partial charge in [0.05, 0.1) is 12.5 Å². The number of primary amides is 1. The number of carbonyl (C=O) groups is 2. The van der Waals surface area contributed by atoms with Crippen molar-refractivity contribution in [3.63, 3.8) is 0 Å². The van der Waals surface area contributed by atoms with Crippen LogP contribution in [-0.4, -0.2) is 41.7 Å². The number of aliphatic carboxylic acids is 1. The van der Waals surface area contributed by atoms with Gasteiger partial charge in [-0.1, -0.05) is 0 Å². The van der Waals surface area contributed by atoms with Crippen molar-refractivity contribution in [1.82, 2.24) is 4.98 Å². The first-order chi connectivity index (χ1) is 8.52. The number of hydrogen-bond acceptors (Lipinski definition) is 5. The van der Waals surface area contributed by atoms with Crippen molar-refractivity contribution in [3.8, 4) is 0 Å². The zero-order valence-electron chi connectivity index (χ0n) is 9.92. The lowest BCUT2D eigenvalue weighted by Gasteiger charge is -2.14. The van der Waals surface area contributed by atoms with Crippen LogP contribution in [-0.2, 0) is 9.53 Å². The van der Waals surface area contributed by atoms with Gasteiger partial charge in [-0.3, -0.25) is 9.59 Å². The second kappa shape index (κ2) is 6.55. The molecule has 1 amide bonds. The molecular formula is C11H15N3O4. The summed E-state index contributed by atoms with van der Waals surface area (Å²) in [5.74, 6) is -1.05. The Bertz CT molecular complexity index is 436. The predicted octanol–water partition coefficient (Wildman–Crippen LogP) is 0.0821. The van der Waals surface area contributed by atoms with Gasteiger partial charge >= 0.3 is 5.97 Å². The summed E-state index contributed by atoms with van der Waals surface area (Å²) in [7, 11) is 1.43. The van der Waals surface area contributed by atoms with Crippen molar-refractivity contribution in [2.75, 3.05) is 19.0 Å². The Morgan fingerprint density at radius 3 is 2.89 bits per heavy atom. The molecule has 0 bridgehead atoms. The van der Waals surface area contributed by atoms with Crippen LogP contribution < -0.4 is 11.1 Å². The fraction of sp³-hybridized carbons (Fsp3) is 0.364. The van der Waals surface area contributed by atoms with E-state index in [4.69, 9.17) is 15.6 Å². The van der Waals surface area contributed by atoms with Gasteiger partial charge in [0.2, 0.25) is 5.91 Å². The number of methoxy groups -OCH3 is 1. The smallest absolute Gasteiger partial charge is 0.306 e. The molecule has 18 heavy (non-hydrogen) atoms. The first kappa shape index (κ1) is 13.9. The number of anilines is 1. The van der Waals surface area contributed by atoms with E-state index < -0.39 is 18.0 Å². The Balaban J connectivity index is 2.59. The Hall–Kier alpha value is -2.15. The number of carbonyl (C=O) groups excluding carboxylic acids is 1. The quantitative estimate of drug-likeness (QED) is 0.634. The van der Waals surface area contributed by atoms with E-state index in [1.165, 1.54) is 25.4 Å². The van der Waals surface area contributed by atoms with E-state index in [9.17, 15) is 9.59 Å². The summed E-state index contributed by atoms with van der Waals surface area (Å²) in [5.41, 5.74) is 5.47. The second-order valence-corrected chi connectivity index (χ2v) is 3.63. The Kier molecular flexibility index (Phi) is 5.06. The van der Waals surface area contributed by atoms with E-state index in [0.717, 1.165) is 0 Å². The van der Waals surface area contributed by atoms with Crippen molar-refractivity contribution in [2.45, 2.75) is 12.5 Å². The van der Waals surface area contributed by atoms with Crippen LogP contribution in [0.1, 0.15) is 16.8 Å². The highest BCUT2D eigenvalue weighted by atomic mass is 16.5. The zero-order chi connectivity index (χ0) is 13.5. The monoisotopic (exact) mass is 253 g/mol. The molecule has 0 saturated heterocycles. The molecule has 1 aromatic heterocycles. The zero-order valence-corrected chi connectivity index (χ0v) is 9.92. The summed E-state index contributed by atoms with van der Waals surface area (Å²) >= 11 is 0. The van der Waals surface area contributed by atoms with Crippen molar-refractivity contribution < 1.29 is 19.4 Å². The van der Waals surface area contributed by atoms with Crippen molar-refractivity contribution in [1.29, 1.82) is 0 Å². The molecule has 7 heteroatoms. The molecule has 0 aliphatic heterocycles. The van der Waals surface area contributed by atoms with Crippen LogP contribution >= 0.6 is 0 Å². The van der Waals surface area contributed by atoms with Crippen molar-refractivity contribution in [2.24, 2.45) is 5.73 Å². The van der Waals surface area contributed by atoms with E-state index in [-0.39, 0.29) is 13.0 Å². The average Bonchev–Trinajstić information content (AvgIpc) is 2.34. The molecule has 0 saturated carbocycles. The lowest BCUT2D eigenvalue weighted by molar-refractivity contribution is -0.139. The SMILES string of the molecule is COC(CNc1cc(C(N)=O)ccn1)CC(=O)O. The molecule has 7 nitrogen and oxygen atoms in total. The van der Waals surface area contributed by atoms with Crippen LogP contribution in [0.25, 0.3) is 0 Å². The van der Waals surface area contributed by atoms with E-state index in [0.29, 0.717) is 11.4 Å². The van der Waals surface area contributed by atoms with Gasteiger partial charge in [-0.25, -0.2) is 4.98 Å². The van der Waals surface area contributed by atoms with Gasteiger partial charge < -0.3 is 20.9 Å². The maximum Gasteiger partial charge on any atom is 0.306 e. The van der Waals surface area contributed by atoms with Crippen molar-refractivity contribution in [3.05, 3.63) is 23.9 Å². The number of nitrogens with two attached hydrogens (primary N) is 1. The molecule has 4 N–H and O–H groups in total. The van der Waals surface area contributed by atoms with Gasteiger partial charge in [0.15, 0.2) is 0 Å². The van der Waals surface area contributed by atoms with Gasteiger partial charge in [-0.05, 0) is 12.1 Å². The molecule has 0 aliphatic rings. The standard InChI is InChI=1S/C11H15N3O4/c1-18-8(5-10(15)16)6-14-9-4-7(11(12)17)2-3-13-9/h2-4,8H,5-6H2,1H3,(H2,12,17)(H,13,14)(H,15,16). The highest BCUT2D eigenvalue weighted by Crippen LogP contribution is 2.07. The first-order valence-electron chi connectivity index (χ1n) is 5.27. The van der Waals surface area contributed by atoms with Crippen LogP contribution in [0.5, 0.6) is 0 Å². The fourth-order valence-corrected chi connectivity index (χ4v) is 1.33. The maximum atomic E-state index is 11.0. The summed E-state index contributed by atoms with van der Waals surface area (Å²) in [4.78, 5) is 25.5. The predicted molar refractivity (Wildman–Crippen MR) is 64.3 cm³/mol. The van der Waals surface area contributed by atoms with E-state index >= 15 is 0 Å². The van der Waals surface area contributed by atoms with Crippen LogP contribution in [0.2, 0.25) is 0 Å². The number of aromatic nitrogens is 1. The number of pyridine rings is 1.